The van der Waals surface area contributed by atoms with Crippen molar-refractivity contribution in [1.82, 2.24) is 4.57 Å². The molecule has 0 spiro atoms. The molecule has 0 bridgehead atoms. The molecule has 0 unspecified atom stereocenters. The van der Waals surface area contributed by atoms with Crippen LogP contribution < -0.4 is 15.6 Å². The first-order chi connectivity index (χ1) is 16.1. The first-order valence-electron chi connectivity index (χ1n) is 10.1. The predicted octanol–water partition coefficient (Wildman–Crippen LogP) is 5.65. The molecule has 174 valence electrons. The SMILES string of the molecule is Cc1cc(C(=O)Nc2cccc3c(=O)n(Cc4ccc(OC(F)(F)F)cc4)ccc23)ccc1F. The van der Waals surface area contributed by atoms with E-state index < -0.39 is 18.1 Å². The fraction of sp³-hybridized carbons (Fsp3) is 0.120. The van der Waals surface area contributed by atoms with E-state index in [1.54, 1.807) is 37.4 Å². The monoisotopic (exact) mass is 470 g/mol. The smallest absolute Gasteiger partial charge is 0.406 e. The van der Waals surface area contributed by atoms with Crippen LogP contribution >= 0.6 is 0 Å². The van der Waals surface area contributed by atoms with E-state index in [2.05, 4.69) is 10.1 Å². The molecule has 0 aliphatic carbocycles. The van der Waals surface area contributed by atoms with E-state index >= 15 is 0 Å². The molecule has 1 heterocycles. The van der Waals surface area contributed by atoms with Gasteiger partial charge in [0.05, 0.1) is 6.54 Å². The second kappa shape index (κ2) is 9.01. The van der Waals surface area contributed by atoms with E-state index in [-0.39, 0.29) is 23.4 Å². The average molecular weight is 470 g/mol. The van der Waals surface area contributed by atoms with Crippen LogP contribution in [0.1, 0.15) is 21.5 Å². The Balaban J connectivity index is 1.58. The van der Waals surface area contributed by atoms with Crippen molar-refractivity contribution in [3.8, 4) is 5.75 Å². The summed E-state index contributed by atoms with van der Waals surface area (Å²) < 4.78 is 55.7. The van der Waals surface area contributed by atoms with Gasteiger partial charge < -0.3 is 14.6 Å². The Hall–Kier alpha value is -4.14. The van der Waals surface area contributed by atoms with E-state index in [0.717, 1.165) is 0 Å². The van der Waals surface area contributed by atoms with Crippen molar-refractivity contribution in [2.45, 2.75) is 19.8 Å². The van der Waals surface area contributed by atoms with E-state index in [9.17, 15) is 27.2 Å². The number of aromatic nitrogens is 1. The lowest BCUT2D eigenvalue weighted by Gasteiger charge is -2.12. The number of hydrogen-bond acceptors (Lipinski definition) is 3. The van der Waals surface area contributed by atoms with Gasteiger partial charge in [-0.25, -0.2) is 4.39 Å². The molecule has 0 aliphatic rings. The van der Waals surface area contributed by atoms with Crippen LogP contribution in [0.15, 0.2) is 77.7 Å². The molecule has 0 atom stereocenters. The van der Waals surface area contributed by atoms with Crippen molar-refractivity contribution >= 4 is 22.4 Å². The number of anilines is 1. The zero-order valence-corrected chi connectivity index (χ0v) is 17.8. The third kappa shape index (κ3) is 5.09. The highest BCUT2D eigenvalue weighted by atomic mass is 19.4. The van der Waals surface area contributed by atoms with Crippen molar-refractivity contribution in [3.05, 3.63) is 106 Å². The van der Waals surface area contributed by atoms with Crippen LogP contribution in [0.2, 0.25) is 0 Å². The third-order valence-corrected chi connectivity index (χ3v) is 5.20. The lowest BCUT2D eigenvalue weighted by molar-refractivity contribution is -0.274. The minimum atomic E-state index is -4.78. The molecule has 0 aliphatic heterocycles. The molecule has 34 heavy (non-hydrogen) atoms. The van der Waals surface area contributed by atoms with Crippen LogP contribution in [0.25, 0.3) is 10.8 Å². The molecule has 0 saturated carbocycles. The molecular weight excluding hydrogens is 452 g/mol. The van der Waals surface area contributed by atoms with E-state index in [1.807, 2.05) is 0 Å². The zero-order chi connectivity index (χ0) is 24.5. The summed E-state index contributed by atoms with van der Waals surface area (Å²) in [6, 6.07) is 15.8. The summed E-state index contributed by atoms with van der Waals surface area (Å²) in [5, 5.41) is 3.63. The Labute approximate surface area is 191 Å². The number of carbonyl (C=O) groups excluding carboxylic acids is 1. The number of pyridine rings is 1. The molecule has 5 nitrogen and oxygen atoms in total. The van der Waals surface area contributed by atoms with Gasteiger partial charge in [0.25, 0.3) is 11.5 Å². The van der Waals surface area contributed by atoms with Gasteiger partial charge in [0.1, 0.15) is 11.6 Å². The normalized spacial score (nSPS) is 11.4. The number of nitrogens with zero attached hydrogens (tertiary/aromatic N) is 1. The Morgan fingerprint density at radius 2 is 1.74 bits per heavy atom. The number of amides is 1. The van der Waals surface area contributed by atoms with Crippen LogP contribution in [-0.2, 0) is 6.54 Å². The van der Waals surface area contributed by atoms with Crippen LogP contribution in [-0.4, -0.2) is 16.8 Å². The number of rotatable bonds is 5. The molecule has 1 N–H and O–H groups in total. The predicted molar refractivity (Wildman–Crippen MR) is 120 cm³/mol. The number of carbonyl (C=O) groups is 1. The average Bonchev–Trinajstić information content (AvgIpc) is 2.78. The van der Waals surface area contributed by atoms with Gasteiger partial charge in [-0.1, -0.05) is 18.2 Å². The van der Waals surface area contributed by atoms with Gasteiger partial charge >= 0.3 is 6.36 Å². The highest BCUT2D eigenvalue weighted by molar-refractivity contribution is 6.09. The summed E-state index contributed by atoms with van der Waals surface area (Å²) in [6.07, 6.45) is -3.23. The van der Waals surface area contributed by atoms with Gasteiger partial charge in [0.15, 0.2) is 0 Å². The Kier molecular flexibility index (Phi) is 6.10. The minimum Gasteiger partial charge on any atom is -0.406 e. The van der Waals surface area contributed by atoms with Gasteiger partial charge in [-0.15, -0.1) is 13.2 Å². The highest BCUT2D eigenvalue weighted by Gasteiger charge is 2.30. The first-order valence-corrected chi connectivity index (χ1v) is 10.1. The maximum Gasteiger partial charge on any atom is 0.573 e. The topological polar surface area (TPSA) is 60.3 Å². The van der Waals surface area contributed by atoms with E-state index in [4.69, 9.17) is 0 Å². The Morgan fingerprint density at radius 1 is 1.00 bits per heavy atom. The number of aryl methyl sites for hydroxylation is 1. The van der Waals surface area contributed by atoms with Gasteiger partial charge in [-0.3, -0.25) is 9.59 Å². The van der Waals surface area contributed by atoms with Gasteiger partial charge in [-0.2, -0.15) is 0 Å². The lowest BCUT2D eigenvalue weighted by Crippen LogP contribution is -2.21. The third-order valence-electron chi connectivity index (χ3n) is 5.20. The van der Waals surface area contributed by atoms with Crippen LogP contribution in [0.5, 0.6) is 5.75 Å². The molecular formula is C25H18F4N2O3. The summed E-state index contributed by atoms with van der Waals surface area (Å²) in [6.45, 7) is 1.69. The molecule has 1 aromatic heterocycles. The highest BCUT2D eigenvalue weighted by Crippen LogP contribution is 2.24. The van der Waals surface area contributed by atoms with E-state index in [1.165, 1.54) is 47.0 Å². The minimum absolute atomic E-state index is 0.131. The number of halogens is 4. The quantitative estimate of drug-likeness (QED) is 0.384. The van der Waals surface area contributed by atoms with Crippen molar-refractivity contribution in [3.63, 3.8) is 0 Å². The van der Waals surface area contributed by atoms with Crippen molar-refractivity contribution in [1.29, 1.82) is 0 Å². The molecule has 1 amide bonds. The second-order valence-corrected chi connectivity index (χ2v) is 7.63. The van der Waals surface area contributed by atoms with Gasteiger partial charge in [-0.05, 0) is 66.6 Å². The van der Waals surface area contributed by atoms with Crippen LogP contribution in [0.4, 0.5) is 23.2 Å². The molecule has 0 radical (unpaired) electrons. The maximum atomic E-state index is 13.5. The van der Waals surface area contributed by atoms with Gasteiger partial charge in [0.2, 0.25) is 0 Å². The second-order valence-electron chi connectivity index (χ2n) is 7.63. The molecule has 0 saturated heterocycles. The summed E-state index contributed by atoms with van der Waals surface area (Å²) in [4.78, 5) is 25.6. The van der Waals surface area contributed by atoms with Crippen molar-refractivity contribution in [2.24, 2.45) is 0 Å². The number of nitrogens with one attached hydrogen (secondary N) is 1. The summed E-state index contributed by atoms with van der Waals surface area (Å²) in [7, 11) is 0. The molecule has 4 rings (SSSR count). The fourth-order valence-corrected chi connectivity index (χ4v) is 3.53. The molecule has 3 aromatic carbocycles. The summed E-state index contributed by atoms with van der Waals surface area (Å²) in [5.74, 6) is -1.20. The number of hydrogen-bond donors (Lipinski definition) is 1. The number of fused-ring (bicyclic) bond motifs is 1. The largest absolute Gasteiger partial charge is 0.573 e. The van der Waals surface area contributed by atoms with Gasteiger partial charge in [0, 0.05) is 28.2 Å². The molecule has 9 heteroatoms. The number of ether oxygens (including phenoxy) is 1. The van der Waals surface area contributed by atoms with Crippen LogP contribution in [0, 0.1) is 12.7 Å². The zero-order valence-electron chi connectivity index (χ0n) is 17.8. The standard InChI is InChI=1S/C25H18F4N2O3/c1-15-13-17(7-10-21(15)26)23(32)30-22-4-2-3-20-19(22)11-12-31(24(20)33)14-16-5-8-18(9-6-16)34-25(27,28)29/h2-13H,14H2,1H3,(H,30,32). The van der Waals surface area contributed by atoms with Crippen molar-refractivity contribution < 1.29 is 27.1 Å². The van der Waals surface area contributed by atoms with Crippen molar-refractivity contribution in [2.75, 3.05) is 5.32 Å². The van der Waals surface area contributed by atoms with Crippen LogP contribution in [0.3, 0.4) is 0 Å². The summed E-state index contributed by atoms with van der Waals surface area (Å²) in [5.41, 5.74) is 1.31. The number of alkyl halides is 3. The van der Waals surface area contributed by atoms with E-state index in [0.29, 0.717) is 27.6 Å². The maximum absolute atomic E-state index is 13.5. The summed E-state index contributed by atoms with van der Waals surface area (Å²) >= 11 is 0. The fourth-order valence-electron chi connectivity index (χ4n) is 3.53. The molecule has 0 fully saturated rings. The Bertz CT molecular complexity index is 1430. The lowest BCUT2D eigenvalue weighted by atomic mass is 10.1. The first kappa shape index (κ1) is 23.0. The Morgan fingerprint density at radius 3 is 2.41 bits per heavy atom. The molecule has 4 aromatic rings. The number of benzene rings is 3.